The van der Waals surface area contributed by atoms with Gasteiger partial charge < -0.3 is 4.74 Å². The van der Waals surface area contributed by atoms with Gasteiger partial charge in [-0.2, -0.15) is 0 Å². The third-order valence-electron chi connectivity index (χ3n) is 1.57. The Morgan fingerprint density at radius 3 is 2.46 bits per heavy atom. The zero-order valence-corrected chi connectivity index (χ0v) is 7.91. The lowest BCUT2D eigenvalue weighted by atomic mass is 10.2. The molecule has 0 atom stereocenters. The normalized spacial score (nSPS) is 11.1. The van der Waals surface area contributed by atoms with Crippen LogP contribution in [0.15, 0.2) is 30.3 Å². The van der Waals surface area contributed by atoms with E-state index in [9.17, 15) is 4.79 Å². The van der Waals surface area contributed by atoms with Crippen molar-refractivity contribution < 1.29 is 9.53 Å². The first-order chi connectivity index (χ1) is 6.27. The fourth-order valence-corrected chi connectivity index (χ4v) is 1.08. The summed E-state index contributed by atoms with van der Waals surface area (Å²) in [5.74, 6) is 0.534. The Bertz CT molecular complexity index is 314. The summed E-state index contributed by atoms with van der Waals surface area (Å²) < 4.78 is 5.00. The number of hydrogen-bond donors (Lipinski definition) is 0. The molecule has 13 heavy (non-hydrogen) atoms. The second-order valence-electron chi connectivity index (χ2n) is 2.38. The van der Waals surface area contributed by atoms with Crippen LogP contribution in [0.1, 0.15) is 5.56 Å². The van der Waals surface area contributed by atoms with E-state index in [0.29, 0.717) is 17.1 Å². The van der Waals surface area contributed by atoms with Gasteiger partial charge in [-0.25, -0.2) is 0 Å². The van der Waals surface area contributed by atoms with Gasteiger partial charge in [0, 0.05) is 16.7 Å². The largest absolute Gasteiger partial charge is 0.496 e. The van der Waals surface area contributed by atoms with Crippen LogP contribution in [0.4, 0.5) is 0 Å². The average Bonchev–Trinajstić information content (AvgIpc) is 2.16. The summed E-state index contributed by atoms with van der Waals surface area (Å²) in [7, 11) is 1.52. The molecule has 2 nitrogen and oxygen atoms in total. The van der Waals surface area contributed by atoms with Crippen LogP contribution in [0, 0.1) is 0 Å². The Labute approximate surface area is 81.8 Å². The zero-order valence-electron chi connectivity index (χ0n) is 7.16. The van der Waals surface area contributed by atoms with E-state index in [1.807, 2.05) is 0 Å². The van der Waals surface area contributed by atoms with E-state index in [1.54, 1.807) is 24.3 Å². The topological polar surface area (TPSA) is 26.3 Å². The molecule has 0 radical (unpaired) electrons. The molecule has 1 rings (SSSR count). The first kappa shape index (κ1) is 9.81. The summed E-state index contributed by atoms with van der Waals surface area (Å²) >= 11 is 5.71. The van der Waals surface area contributed by atoms with Crippen LogP contribution < -0.4 is 0 Å². The van der Waals surface area contributed by atoms with Crippen LogP contribution in [-0.2, 0) is 9.53 Å². The molecule has 0 saturated carbocycles. The van der Waals surface area contributed by atoms with Gasteiger partial charge in [0.2, 0.25) is 0 Å². The lowest BCUT2D eigenvalue weighted by Gasteiger charge is -2.04. The number of halogens is 1. The highest BCUT2D eigenvalue weighted by Crippen LogP contribution is 2.17. The predicted molar refractivity (Wildman–Crippen MR) is 52.5 cm³/mol. The number of allylic oxidation sites excluding steroid dienone is 1. The standard InChI is InChI=1S/C10H9ClO2/c1-13-10(6-7-12)8-2-4-9(11)5-3-8/h2-7H,1H3/b10-6+. The molecular formula is C10H9ClO2. The van der Waals surface area contributed by atoms with Crippen molar-refractivity contribution in [2.45, 2.75) is 0 Å². The molecule has 0 heterocycles. The lowest BCUT2D eigenvalue weighted by Crippen LogP contribution is -1.87. The molecule has 0 unspecified atom stereocenters. The second-order valence-corrected chi connectivity index (χ2v) is 2.81. The van der Waals surface area contributed by atoms with Crippen LogP contribution in [-0.4, -0.2) is 13.4 Å². The van der Waals surface area contributed by atoms with Gasteiger partial charge in [-0.15, -0.1) is 0 Å². The Morgan fingerprint density at radius 1 is 1.38 bits per heavy atom. The van der Waals surface area contributed by atoms with Crippen LogP contribution in [0.3, 0.4) is 0 Å². The van der Waals surface area contributed by atoms with Crippen molar-refractivity contribution in [2.24, 2.45) is 0 Å². The molecule has 0 aliphatic rings. The molecule has 0 aromatic heterocycles. The maximum absolute atomic E-state index is 10.2. The molecule has 1 aromatic rings. The smallest absolute Gasteiger partial charge is 0.146 e. The van der Waals surface area contributed by atoms with E-state index in [1.165, 1.54) is 13.2 Å². The van der Waals surface area contributed by atoms with Crippen LogP contribution in [0.2, 0.25) is 5.02 Å². The van der Waals surface area contributed by atoms with Gasteiger partial charge in [0.1, 0.15) is 12.0 Å². The molecule has 0 spiro atoms. The summed E-state index contributed by atoms with van der Waals surface area (Å²) in [6.45, 7) is 0. The van der Waals surface area contributed by atoms with Gasteiger partial charge in [-0.05, 0) is 24.3 Å². The monoisotopic (exact) mass is 196 g/mol. The number of carbonyl (C=O) groups excluding carboxylic acids is 1. The maximum atomic E-state index is 10.2. The van der Waals surface area contributed by atoms with Crippen molar-refractivity contribution in [3.05, 3.63) is 40.9 Å². The van der Waals surface area contributed by atoms with Gasteiger partial charge in [-0.1, -0.05) is 11.6 Å². The molecule has 0 fully saturated rings. The minimum absolute atomic E-state index is 0.534. The number of aldehydes is 1. The van der Waals surface area contributed by atoms with Gasteiger partial charge in [0.15, 0.2) is 0 Å². The van der Waals surface area contributed by atoms with Crippen molar-refractivity contribution in [2.75, 3.05) is 7.11 Å². The van der Waals surface area contributed by atoms with E-state index in [-0.39, 0.29) is 0 Å². The van der Waals surface area contributed by atoms with E-state index < -0.39 is 0 Å². The minimum Gasteiger partial charge on any atom is -0.496 e. The van der Waals surface area contributed by atoms with Crippen molar-refractivity contribution in [3.63, 3.8) is 0 Å². The quantitative estimate of drug-likeness (QED) is 0.422. The summed E-state index contributed by atoms with van der Waals surface area (Å²) in [6, 6.07) is 7.07. The second kappa shape index (κ2) is 4.67. The summed E-state index contributed by atoms with van der Waals surface area (Å²) in [5.41, 5.74) is 0.832. The number of carbonyl (C=O) groups is 1. The van der Waals surface area contributed by atoms with Crippen LogP contribution in [0.25, 0.3) is 5.76 Å². The first-order valence-electron chi connectivity index (χ1n) is 3.73. The average molecular weight is 197 g/mol. The summed E-state index contributed by atoms with van der Waals surface area (Å²) in [4.78, 5) is 10.2. The number of methoxy groups -OCH3 is 1. The Morgan fingerprint density at radius 2 is 2.00 bits per heavy atom. The number of benzene rings is 1. The van der Waals surface area contributed by atoms with Crippen molar-refractivity contribution in [1.29, 1.82) is 0 Å². The van der Waals surface area contributed by atoms with E-state index in [0.717, 1.165) is 5.56 Å². The van der Waals surface area contributed by atoms with Crippen molar-refractivity contribution in [3.8, 4) is 0 Å². The fourth-order valence-electron chi connectivity index (χ4n) is 0.958. The Balaban J connectivity index is 2.99. The molecular weight excluding hydrogens is 188 g/mol. The Kier molecular flexibility index (Phi) is 3.53. The summed E-state index contributed by atoms with van der Waals surface area (Å²) in [5, 5.41) is 0.658. The highest BCUT2D eigenvalue weighted by atomic mass is 35.5. The van der Waals surface area contributed by atoms with Gasteiger partial charge in [-0.3, -0.25) is 4.79 Å². The third-order valence-corrected chi connectivity index (χ3v) is 1.82. The van der Waals surface area contributed by atoms with E-state index in [2.05, 4.69) is 0 Å². The van der Waals surface area contributed by atoms with Crippen LogP contribution in [0.5, 0.6) is 0 Å². The fraction of sp³-hybridized carbons (Fsp3) is 0.100. The molecule has 0 bridgehead atoms. The molecule has 0 N–H and O–H groups in total. The summed E-state index contributed by atoms with van der Waals surface area (Å²) in [6.07, 6.45) is 2.05. The molecule has 1 aromatic carbocycles. The van der Waals surface area contributed by atoms with Gasteiger partial charge >= 0.3 is 0 Å². The molecule has 68 valence electrons. The number of hydrogen-bond acceptors (Lipinski definition) is 2. The van der Waals surface area contributed by atoms with E-state index >= 15 is 0 Å². The Hall–Kier alpha value is -1.28. The SMILES string of the molecule is CO/C(=C/C=O)c1ccc(Cl)cc1. The maximum Gasteiger partial charge on any atom is 0.146 e. The van der Waals surface area contributed by atoms with Crippen LogP contribution >= 0.6 is 11.6 Å². The number of ether oxygens (including phenoxy) is 1. The van der Waals surface area contributed by atoms with Gasteiger partial charge in [0.25, 0.3) is 0 Å². The van der Waals surface area contributed by atoms with Gasteiger partial charge in [0.05, 0.1) is 7.11 Å². The highest BCUT2D eigenvalue weighted by molar-refractivity contribution is 6.30. The molecule has 0 aliphatic heterocycles. The third kappa shape index (κ3) is 2.60. The predicted octanol–water partition coefficient (Wildman–Crippen LogP) is 2.53. The van der Waals surface area contributed by atoms with Crippen molar-refractivity contribution >= 4 is 23.6 Å². The molecule has 3 heteroatoms. The highest BCUT2D eigenvalue weighted by Gasteiger charge is 1.99. The molecule has 0 saturated heterocycles. The lowest BCUT2D eigenvalue weighted by molar-refractivity contribution is -0.104. The number of rotatable bonds is 3. The van der Waals surface area contributed by atoms with E-state index in [4.69, 9.17) is 16.3 Å². The molecule has 0 amide bonds. The van der Waals surface area contributed by atoms with Crippen molar-refractivity contribution in [1.82, 2.24) is 0 Å². The zero-order chi connectivity index (χ0) is 9.68. The minimum atomic E-state index is 0.534. The molecule has 0 aliphatic carbocycles. The first-order valence-corrected chi connectivity index (χ1v) is 4.11.